The topological polar surface area (TPSA) is 54.5 Å². The van der Waals surface area contributed by atoms with Gasteiger partial charge in [-0.3, -0.25) is 10.3 Å². The van der Waals surface area contributed by atoms with Gasteiger partial charge >= 0.3 is 6.09 Å². The van der Waals surface area contributed by atoms with Gasteiger partial charge in [0.1, 0.15) is 12.5 Å². The van der Waals surface area contributed by atoms with Gasteiger partial charge in [-0.2, -0.15) is 0 Å². The number of ether oxygens (including phenoxy) is 1. The molecule has 2 atom stereocenters. The summed E-state index contributed by atoms with van der Waals surface area (Å²) in [5.41, 5.74) is 2.90. The number of carbonyl (C=O) groups is 1. The van der Waals surface area contributed by atoms with Crippen LogP contribution in [0.2, 0.25) is 0 Å². The number of amides is 1. The number of hydrogen-bond acceptors (Lipinski definition) is 4. The first-order chi connectivity index (χ1) is 13.2. The molecule has 2 fully saturated rings. The molecule has 0 bridgehead atoms. The van der Waals surface area contributed by atoms with Gasteiger partial charge in [-0.15, -0.1) is 0 Å². The molecule has 5 nitrogen and oxygen atoms in total. The highest BCUT2D eigenvalue weighted by atomic mass is 19.1. The Balaban J connectivity index is 1.24. The second-order valence-corrected chi connectivity index (χ2v) is 7.24. The molecule has 0 radical (unpaired) electrons. The van der Waals surface area contributed by atoms with Gasteiger partial charge in [-0.05, 0) is 61.6 Å². The number of rotatable bonds is 5. The molecule has 2 aliphatic rings. The monoisotopic (exact) mass is 369 g/mol. The van der Waals surface area contributed by atoms with Crippen molar-refractivity contribution >= 4 is 6.09 Å². The number of benzene rings is 1. The number of carbonyl (C=O) groups excluding carboxylic acids is 1. The molecule has 1 aromatic heterocycles. The highest BCUT2D eigenvalue weighted by molar-refractivity contribution is 5.67. The highest BCUT2D eigenvalue weighted by Crippen LogP contribution is 2.40. The number of hydrogen-bond donors (Lipinski definition) is 1. The number of nitrogens with one attached hydrogen (secondary N) is 1. The van der Waals surface area contributed by atoms with Crippen molar-refractivity contribution in [3.8, 4) is 11.3 Å². The van der Waals surface area contributed by atoms with Crippen LogP contribution in [0.3, 0.4) is 0 Å². The third-order valence-corrected chi connectivity index (χ3v) is 5.30. The van der Waals surface area contributed by atoms with Gasteiger partial charge in [0, 0.05) is 36.8 Å². The fourth-order valence-corrected chi connectivity index (χ4v) is 3.58. The van der Waals surface area contributed by atoms with Crippen LogP contribution in [-0.4, -0.2) is 41.8 Å². The van der Waals surface area contributed by atoms with Crippen LogP contribution in [0.5, 0.6) is 0 Å². The third kappa shape index (κ3) is 4.45. The summed E-state index contributed by atoms with van der Waals surface area (Å²) in [7, 11) is 0. The van der Waals surface area contributed by atoms with Crippen molar-refractivity contribution < 1.29 is 13.9 Å². The lowest BCUT2D eigenvalue weighted by molar-refractivity contribution is 0.0879. The molecule has 1 aliphatic carbocycles. The van der Waals surface area contributed by atoms with Gasteiger partial charge < -0.3 is 9.64 Å². The summed E-state index contributed by atoms with van der Waals surface area (Å²) < 4.78 is 18.4. The molecule has 1 saturated heterocycles. The van der Waals surface area contributed by atoms with Crippen LogP contribution in [0.4, 0.5) is 9.18 Å². The third-order valence-electron chi connectivity index (χ3n) is 5.30. The predicted octanol–water partition coefficient (Wildman–Crippen LogP) is 3.91. The number of halogens is 1. The lowest BCUT2D eigenvalue weighted by Gasteiger charge is -2.25. The molecular weight excluding hydrogens is 345 g/mol. The Hall–Kier alpha value is -2.47. The zero-order valence-electron chi connectivity index (χ0n) is 15.2. The van der Waals surface area contributed by atoms with Gasteiger partial charge in [0.05, 0.1) is 5.69 Å². The van der Waals surface area contributed by atoms with Crippen molar-refractivity contribution in [3.63, 3.8) is 0 Å². The van der Waals surface area contributed by atoms with Crippen molar-refractivity contribution in [2.24, 2.45) is 0 Å². The minimum Gasteiger partial charge on any atom is -0.433 e. The van der Waals surface area contributed by atoms with E-state index >= 15 is 0 Å². The van der Waals surface area contributed by atoms with Gasteiger partial charge in [0.25, 0.3) is 0 Å². The first-order valence-corrected chi connectivity index (χ1v) is 9.58. The molecule has 27 heavy (non-hydrogen) atoms. The Kier molecular flexibility index (Phi) is 5.34. The van der Waals surface area contributed by atoms with Crippen LogP contribution in [0.15, 0.2) is 42.6 Å². The normalized spacial score (nSPS) is 21.7. The molecule has 2 heterocycles. The molecule has 2 unspecified atom stereocenters. The predicted molar refractivity (Wildman–Crippen MR) is 101 cm³/mol. The van der Waals surface area contributed by atoms with Crippen LogP contribution in [-0.2, 0) is 4.74 Å². The summed E-state index contributed by atoms with van der Waals surface area (Å²) in [6.45, 7) is 1.85. The van der Waals surface area contributed by atoms with Crippen LogP contribution in [0, 0.1) is 5.82 Å². The molecule has 1 N–H and O–H groups in total. The molecule has 4 rings (SSSR count). The van der Waals surface area contributed by atoms with E-state index in [1.54, 1.807) is 17.0 Å². The Morgan fingerprint density at radius 1 is 1.15 bits per heavy atom. The molecule has 6 heteroatoms. The van der Waals surface area contributed by atoms with Gasteiger partial charge in [-0.1, -0.05) is 6.07 Å². The maximum atomic E-state index is 13.0. The van der Waals surface area contributed by atoms with E-state index in [1.165, 1.54) is 24.1 Å². The van der Waals surface area contributed by atoms with E-state index in [0.717, 1.165) is 43.6 Å². The number of aromatic nitrogens is 1. The number of likely N-dealkylation sites (tertiary alicyclic amines) is 1. The van der Waals surface area contributed by atoms with Crippen molar-refractivity contribution in [1.29, 1.82) is 0 Å². The standard InChI is InChI=1S/C21H24FN3O2/c22-17-7-4-15(5-8-17)19-9-6-16(13-23-19)18-12-20(18)24-14-27-21(26)25-10-2-1-3-11-25/h4-9,13,18,20,24H,1-3,10-12,14H2. The van der Waals surface area contributed by atoms with Crippen LogP contribution >= 0.6 is 0 Å². The first-order valence-electron chi connectivity index (χ1n) is 9.58. The minimum atomic E-state index is -0.247. The number of nitrogens with zero attached hydrogens (tertiary/aromatic N) is 2. The molecule has 0 spiro atoms. The second kappa shape index (κ2) is 8.05. The zero-order chi connectivity index (χ0) is 18.6. The Morgan fingerprint density at radius 2 is 1.93 bits per heavy atom. The Labute approximate surface area is 158 Å². The fraction of sp³-hybridized carbons (Fsp3) is 0.429. The molecule has 142 valence electrons. The summed E-state index contributed by atoms with van der Waals surface area (Å²) in [5.74, 6) is 0.150. The van der Waals surface area contributed by atoms with Crippen LogP contribution in [0.25, 0.3) is 11.3 Å². The lowest BCUT2D eigenvalue weighted by atomic mass is 10.1. The van der Waals surface area contributed by atoms with E-state index in [-0.39, 0.29) is 18.6 Å². The summed E-state index contributed by atoms with van der Waals surface area (Å²) >= 11 is 0. The fourth-order valence-electron chi connectivity index (χ4n) is 3.58. The largest absolute Gasteiger partial charge is 0.433 e. The van der Waals surface area contributed by atoms with Crippen molar-refractivity contribution in [1.82, 2.24) is 15.2 Å². The molecular formula is C21H24FN3O2. The summed E-state index contributed by atoms with van der Waals surface area (Å²) in [4.78, 5) is 18.3. The SMILES string of the molecule is O=C(OCNC1CC1c1ccc(-c2ccc(F)cc2)nc1)N1CCCCC1. The van der Waals surface area contributed by atoms with E-state index < -0.39 is 0 Å². The minimum absolute atomic E-state index is 0.218. The maximum Gasteiger partial charge on any atom is 0.411 e. The summed E-state index contributed by atoms with van der Waals surface area (Å²) in [5, 5.41) is 3.29. The van der Waals surface area contributed by atoms with Gasteiger partial charge in [0.15, 0.2) is 0 Å². The second-order valence-electron chi connectivity index (χ2n) is 7.24. The van der Waals surface area contributed by atoms with Gasteiger partial charge in [0.2, 0.25) is 0 Å². The number of piperidine rings is 1. The molecule has 1 saturated carbocycles. The quantitative estimate of drug-likeness (QED) is 0.812. The molecule has 1 aliphatic heterocycles. The van der Waals surface area contributed by atoms with E-state index in [2.05, 4.69) is 16.4 Å². The van der Waals surface area contributed by atoms with E-state index in [0.29, 0.717) is 12.0 Å². The van der Waals surface area contributed by atoms with Crippen molar-refractivity contribution in [3.05, 3.63) is 54.0 Å². The van der Waals surface area contributed by atoms with Gasteiger partial charge in [-0.25, -0.2) is 9.18 Å². The maximum absolute atomic E-state index is 13.0. The van der Waals surface area contributed by atoms with Crippen LogP contribution in [0.1, 0.15) is 37.2 Å². The summed E-state index contributed by atoms with van der Waals surface area (Å²) in [6, 6.07) is 10.7. The highest BCUT2D eigenvalue weighted by Gasteiger charge is 2.38. The van der Waals surface area contributed by atoms with E-state index in [4.69, 9.17) is 4.74 Å². The molecule has 1 aromatic carbocycles. The smallest absolute Gasteiger partial charge is 0.411 e. The summed E-state index contributed by atoms with van der Waals surface area (Å²) in [6.07, 6.45) is 6.00. The van der Waals surface area contributed by atoms with E-state index in [1.807, 2.05) is 12.3 Å². The molecule has 2 aromatic rings. The molecule has 1 amide bonds. The average molecular weight is 369 g/mol. The van der Waals surface area contributed by atoms with Crippen LogP contribution < -0.4 is 5.32 Å². The van der Waals surface area contributed by atoms with Crippen molar-refractivity contribution in [2.45, 2.75) is 37.6 Å². The Bertz CT molecular complexity index is 773. The average Bonchev–Trinajstić information content (AvgIpc) is 3.49. The number of pyridine rings is 1. The van der Waals surface area contributed by atoms with E-state index in [9.17, 15) is 9.18 Å². The zero-order valence-corrected chi connectivity index (χ0v) is 15.2. The first kappa shape index (κ1) is 17.9. The Morgan fingerprint density at radius 3 is 2.63 bits per heavy atom. The van der Waals surface area contributed by atoms with Crippen molar-refractivity contribution in [2.75, 3.05) is 19.8 Å². The lowest BCUT2D eigenvalue weighted by Crippen LogP contribution is -2.38.